The molecule has 0 radical (unpaired) electrons. The fourth-order valence-electron chi connectivity index (χ4n) is 10.6. The van der Waals surface area contributed by atoms with Gasteiger partial charge in [-0.15, -0.1) is 0 Å². The van der Waals surface area contributed by atoms with Crippen LogP contribution in [0.4, 0.5) is 0 Å². The molecule has 0 rings (SSSR count). The molecule has 0 aromatic carbocycles. The van der Waals surface area contributed by atoms with E-state index in [1.807, 2.05) is 0 Å². The van der Waals surface area contributed by atoms with E-state index >= 15 is 0 Å². The van der Waals surface area contributed by atoms with Crippen LogP contribution >= 0.6 is 15.6 Å². The highest BCUT2D eigenvalue weighted by Gasteiger charge is 2.30. The molecule has 0 aromatic rings. The first-order valence-corrected chi connectivity index (χ1v) is 41.5. The molecule has 0 fully saturated rings. The van der Waals surface area contributed by atoms with Crippen LogP contribution < -0.4 is 0 Å². The third kappa shape index (κ3) is 69.2. The fraction of sp³-hybridized carbons (Fsp3) is 0.818. The van der Waals surface area contributed by atoms with Crippen molar-refractivity contribution in [3.05, 3.63) is 60.8 Å². The molecule has 0 saturated carbocycles. The normalized spacial score (nSPS) is 14.3. The van der Waals surface area contributed by atoms with E-state index in [2.05, 4.69) is 88.5 Å². The molecule has 0 aliphatic carbocycles. The van der Waals surface area contributed by atoms with Crippen LogP contribution in [0.5, 0.6) is 0 Å². The Morgan fingerprint density at radius 1 is 0.302 bits per heavy atom. The number of esters is 4. The van der Waals surface area contributed by atoms with Crippen LogP contribution in [0.1, 0.15) is 349 Å². The minimum absolute atomic E-state index is 0.0845. The van der Waals surface area contributed by atoms with Crippen LogP contribution in [0.2, 0.25) is 0 Å². The Hall–Kier alpha value is -3.24. The van der Waals surface area contributed by atoms with E-state index in [1.165, 1.54) is 122 Å². The largest absolute Gasteiger partial charge is 0.472 e. The fourth-order valence-corrected chi connectivity index (χ4v) is 12.1. The van der Waals surface area contributed by atoms with E-state index in [4.69, 9.17) is 37.0 Å². The molecule has 0 saturated heterocycles. The molecule has 19 heteroatoms. The van der Waals surface area contributed by atoms with Gasteiger partial charge < -0.3 is 33.8 Å². The minimum atomic E-state index is -4.97. The van der Waals surface area contributed by atoms with Gasteiger partial charge in [0.1, 0.15) is 19.3 Å². The maximum absolute atomic E-state index is 13.1. The van der Waals surface area contributed by atoms with Crippen molar-refractivity contribution >= 4 is 39.5 Å². The van der Waals surface area contributed by atoms with E-state index in [-0.39, 0.29) is 25.7 Å². The summed E-state index contributed by atoms with van der Waals surface area (Å²) in [6, 6.07) is 0. The summed E-state index contributed by atoms with van der Waals surface area (Å²) in [5, 5.41) is 10.6. The highest BCUT2D eigenvalue weighted by atomic mass is 31.2. The molecule has 0 heterocycles. The van der Waals surface area contributed by atoms with Crippen LogP contribution in [0.3, 0.4) is 0 Å². The second-order valence-corrected chi connectivity index (χ2v) is 28.8. The maximum atomic E-state index is 13.1. The van der Waals surface area contributed by atoms with Gasteiger partial charge in [0.25, 0.3) is 0 Å². The Morgan fingerprint density at radius 3 is 0.875 bits per heavy atom. The van der Waals surface area contributed by atoms with Crippen molar-refractivity contribution in [1.82, 2.24) is 0 Å². The second-order valence-electron chi connectivity index (χ2n) is 25.9. The van der Waals surface area contributed by atoms with Crippen molar-refractivity contribution in [3.63, 3.8) is 0 Å². The van der Waals surface area contributed by atoms with E-state index in [9.17, 15) is 43.2 Å². The summed E-state index contributed by atoms with van der Waals surface area (Å²) < 4.78 is 68.4. The second kappa shape index (κ2) is 70.2. The number of carbonyl (C=O) groups is 4. The number of rotatable bonds is 73. The maximum Gasteiger partial charge on any atom is 0.472 e. The topological polar surface area (TPSA) is 237 Å². The number of allylic oxidation sites excluding steroid dienone is 10. The van der Waals surface area contributed by atoms with Gasteiger partial charge in [0.15, 0.2) is 12.2 Å². The summed E-state index contributed by atoms with van der Waals surface area (Å²) in [4.78, 5) is 72.8. The lowest BCUT2D eigenvalue weighted by Crippen LogP contribution is -2.30. The molecule has 5 atom stereocenters. The van der Waals surface area contributed by atoms with Crippen LogP contribution in [-0.4, -0.2) is 96.7 Å². The molecular weight excluding hydrogens is 1260 g/mol. The zero-order chi connectivity index (χ0) is 70.4. The zero-order valence-corrected chi connectivity index (χ0v) is 62.8. The summed E-state index contributed by atoms with van der Waals surface area (Å²) in [6.45, 7) is 4.74. The molecule has 0 aliphatic rings. The Balaban J connectivity index is 5.31. The van der Waals surface area contributed by atoms with Crippen LogP contribution in [0.25, 0.3) is 0 Å². The molecular formula is C77H140O17P2. The van der Waals surface area contributed by atoms with Gasteiger partial charge in [-0.25, -0.2) is 9.13 Å². The van der Waals surface area contributed by atoms with Gasteiger partial charge >= 0.3 is 39.5 Å². The number of aliphatic hydroxyl groups is 1. The highest BCUT2D eigenvalue weighted by Crippen LogP contribution is 2.45. The van der Waals surface area contributed by atoms with Crippen LogP contribution in [0.15, 0.2) is 60.8 Å². The Labute approximate surface area is 584 Å². The number of carbonyl (C=O) groups excluding carboxylic acids is 4. The van der Waals surface area contributed by atoms with E-state index in [1.54, 1.807) is 0 Å². The van der Waals surface area contributed by atoms with Gasteiger partial charge in [-0.2, -0.15) is 0 Å². The van der Waals surface area contributed by atoms with Crippen molar-refractivity contribution in [3.8, 4) is 0 Å². The first-order chi connectivity index (χ1) is 46.7. The van der Waals surface area contributed by atoms with Crippen LogP contribution in [-0.2, 0) is 65.4 Å². The van der Waals surface area contributed by atoms with E-state index in [0.717, 1.165) is 148 Å². The molecule has 0 aromatic heterocycles. The summed E-state index contributed by atoms with van der Waals surface area (Å²) in [5.41, 5.74) is 0. The predicted octanol–water partition coefficient (Wildman–Crippen LogP) is 21.9. The lowest BCUT2D eigenvalue weighted by atomic mass is 10.0. The molecule has 96 heavy (non-hydrogen) atoms. The lowest BCUT2D eigenvalue weighted by Gasteiger charge is -2.21. The Bertz CT molecular complexity index is 2060. The third-order valence-corrected chi connectivity index (χ3v) is 18.4. The van der Waals surface area contributed by atoms with Crippen molar-refractivity contribution in [1.29, 1.82) is 0 Å². The Morgan fingerprint density at radius 2 is 0.552 bits per heavy atom. The smallest absolute Gasteiger partial charge is 0.462 e. The number of hydrogen-bond acceptors (Lipinski definition) is 15. The monoisotopic (exact) mass is 1400 g/mol. The zero-order valence-electron chi connectivity index (χ0n) is 61.1. The quantitative estimate of drug-likeness (QED) is 0.0169. The molecule has 0 spiro atoms. The lowest BCUT2D eigenvalue weighted by molar-refractivity contribution is -0.161. The van der Waals surface area contributed by atoms with Gasteiger partial charge in [0, 0.05) is 25.7 Å². The van der Waals surface area contributed by atoms with Gasteiger partial charge in [-0.3, -0.25) is 37.3 Å². The predicted molar refractivity (Wildman–Crippen MR) is 390 cm³/mol. The average molecular weight is 1400 g/mol. The third-order valence-electron chi connectivity index (χ3n) is 16.5. The summed E-state index contributed by atoms with van der Waals surface area (Å²) in [5.74, 6) is -2.18. The van der Waals surface area contributed by atoms with E-state index in [0.29, 0.717) is 25.7 Å². The van der Waals surface area contributed by atoms with Gasteiger partial charge in [-0.1, -0.05) is 281 Å². The van der Waals surface area contributed by atoms with Crippen LogP contribution in [0, 0.1) is 0 Å². The number of aliphatic hydroxyl groups excluding tert-OH is 1. The number of phosphoric ester groups is 2. The van der Waals surface area contributed by atoms with Crippen molar-refractivity contribution < 1.29 is 80.2 Å². The summed E-state index contributed by atoms with van der Waals surface area (Å²) >= 11 is 0. The van der Waals surface area contributed by atoms with Crippen molar-refractivity contribution in [2.75, 3.05) is 39.6 Å². The first-order valence-electron chi connectivity index (χ1n) is 38.5. The van der Waals surface area contributed by atoms with Gasteiger partial charge in [0.05, 0.1) is 26.4 Å². The molecule has 560 valence electrons. The highest BCUT2D eigenvalue weighted by molar-refractivity contribution is 7.47. The SMILES string of the molecule is CC/C=C\C/C=C\C/C=C\CCCCCCCC(=O)OCC(COP(=O)(O)OCC(O)COP(=O)(O)OCC(COC(=O)CCCCCCCCCCCCCCCCC)OC(=O)CCCCCCC/C=C\CCCC)OC(=O)CCCCCCC/C=C\CCCCCCCC. The molecule has 3 N–H and O–H groups in total. The summed E-state index contributed by atoms with van der Waals surface area (Å²) in [7, 11) is -9.94. The molecule has 17 nitrogen and oxygen atoms in total. The van der Waals surface area contributed by atoms with Gasteiger partial charge in [-0.05, 0) is 103 Å². The minimum Gasteiger partial charge on any atom is -0.462 e. The Kier molecular flexibility index (Phi) is 67.8. The average Bonchev–Trinajstić information content (AvgIpc) is 1.09. The number of hydrogen-bond donors (Lipinski definition) is 3. The number of unbranched alkanes of at least 4 members (excludes halogenated alkanes) is 37. The standard InChI is InChI=1S/C77H140O17P2/c1-5-9-13-17-21-25-29-32-35-38-42-45-49-53-57-61-74(79)87-67-72(93-76(81)63-59-55-51-47-41-28-24-20-16-12-8-4)69-91-95(83,84)89-65-71(78)66-90-96(85,86)92-70-73(94-77(82)64-60-56-52-48-44-40-37-34-31-27-23-19-15-11-7-3)68-88-75(80)62-58-54-50-46-43-39-36-33-30-26-22-18-14-10-6-2/h10,14,20,22,24,26,33-34,36-37,71-73,78H,5-9,11-13,15-19,21,23,25,27-32,35,38-70H2,1-4H3,(H,83,84)(H,85,86)/b14-10-,24-20-,26-22-,36-33-,37-34-. The number of ether oxygens (including phenoxy) is 4. The molecule has 5 unspecified atom stereocenters. The molecule has 0 bridgehead atoms. The first kappa shape index (κ1) is 92.8. The van der Waals surface area contributed by atoms with Gasteiger partial charge in [0.2, 0.25) is 0 Å². The van der Waals surface area contributed by atoms with Crippen molar-refractivity contribution in [2.45, 2.75) is 367 Å². The molecule has 0 amide bonds. The van der Waals surface area contributed by atoms with Crippen molar-refractivity contribution in [2.24, 2.45) is 0 Å². The summed E-state index contributed by atoms with van der Waals surface area (Å²) in [6.07, 6.45) is 67.8. The molecule has 0 aliphatic heterocycles. The van der Waals surface area contributed by atoms with E-state index < -0.39 is 97.5 Å². The number of phosphoric acid groups is 2.